The van der Waals surface area contributed by atoms with E-state index < -0.39 is 10.0 Å². The molecule has 0 saturated heterocycles. The highest BCUT2D eigenvalue weighted by molar-refractivity contribution is 7.93. The summed E-state index contributed by atoms with van der Waals surface area (Å²) in [7, 11) is -3.67. The Morgan fingerprint density at radius 1 is 1.24 bits per heavy atom. The molecule has 90 valence electrons. The van der Waals surface area contributed by atoms with Gasteiger partial charge in [0.05, 0.1) is 4.90 Å². The molecule has 0 radical (unpaired) electrons. The summed E-state index contributed by atoms with van der Waals surface area (Å²) in [5.41, 5.74) is 0. The van der Waals surface area contributed by atoms with Crippen molar-refractivity contribution < 1.29 is 13.5 Å². The van der Waals surface area contributed by atoms with Crippen LogP contribution in [0.25, 0.3) is 0 Å². The number of nitrogens with zero attached hydrogens (tertiary/aromatic N) is 2. The average molecular weight is 271 g/mol. The first-order valence-corrected chi connectivity index (χ1v) is 6.89. The highest BCUT2D eigenvalue weighted by Gasteiger charge is 2.16. The van der Waals surface area contributed by atoms with Gasteiger partial charge in [-0.3, -0.25) is 4.72 Å². The second-order valence-corrected chi connectivity index (χ2v) is 6.09. The fourth-order valence-corrected chi connectivity index (χ4v) is 2.96. The Balaban J connectivity index is 2.28. The number of aromatic hydroxyl groups is 1. The van der Waals surface area contributed by atoms with E-state index in [0.717, 1.165) is 11.3 Å². The van der Waals surface area contributed by atoms with E-state index in [0.29, 0.717) is 5.01 Å². The lowest BCUT2D eigenvalue weighted by molar-refractivity contribution is 0.475. The minimum Gasteiger partial charge on any atom is -0.508 e. The first kappa shape index (κ1) is 11.8. The smallest absolute Gasteiger partial charge is 0.263 e. The van der Waals surface area contributed by atoms with Crippen LogP contribution in [0.4, 0.5) is 5.13 Å². The van der Waals surface area contributed by atoms with Gasteiger partial charge < -0.3 is 5.11 Å². The Hall–Kier alpha value is -1.67. The maximum absolute atomic E-state index is 11.9. The molecule has 0 aliphatic heterocycles. The van der Waals surface area contributed by atoms with E-state index >= 15 is 0 Å². The molecule has 17 heavy (non-hydrogen) atoms. The first-order chi connectivity index (χ1) is 7.97. The van der Waals surface area contributed by atoms with Crippen molar-refractivity contribution in [1.29, 1.82) is 0 Å². The molecule has 0 aliphatic carbocycles. The van der Waals surface area contributed by atoms with E-state index in [1.165, 1.54) is 24.3 Å². The summed E-state index contributed by atoms with van der Waals surface area (Å²) in [6.07, 6.45) is 0. The molecule has 0 unspecified atom stereocenters. The summed E-state index contributed by atoms with van der Waals surface area (Å²) in [6.45, 7) is 1.73. The average Bonchev–Trinajstić information content (AvgIpc) is 2.63. The molecule has 0 fully saturated rings. The third-order valence-corrected chi connectivity index (χ3v) is 4.13. The molecule has 1 aromatic carbocycles. The Bertz CT molecular complexity index is 619. The van der Waals surface area contributed by atoms with Gasteiger partial charge in [-0.1, -0.05) is 11.3 Å². The van der Waals surface area contributed by atoms with Crippen LogP contribution < -0.4 is 4.72 Å². The lowest BCUT2D eigenvalue weighted by Crippen LogP contribution is -2.12. The molecule has 0 spiro atoms. The second kappa shape index (κ2) is 4.30. The van der Waals surface area contributed by atoms with Gasteiger partial charge in [0.2, 0.25) is 5.13 Å². The number of aromatic nitrogens is 2. The lowest BCUT2D eigenvalue weighted by Gasteiger charge is -2.04. The van der Waals surface area contributed by atoms with Crippen LogP contribution in [0, 0.1) is 6.92 Å². The van der Waals surface area contributed by atoms with Gasteiger partial charge in [0.1, 0.15) is 10.8 Å². The summed E-state index contributed by atoms with van der Waals surface area (Å²) >= 11 is 1.15. The molecule has 0 aliphatic rings. The third-order valence-electron chi connectivity index (χ3n) is 1.89. The number of sulfonamides is 1. The maximum Gasteiger partial charge on any atom is 0.263 e. The van der Waals surface area contributed by atoms with Crippen molar-refractivity contribution in [2.24, 2.45) is 0 Å². The third kappa shape index (κ3) is 2.71. The number of benzene rings is 1. The van der Waals surface area contributed by atoms with E-state index in [1.807, 2.05) is 0 Å². The lowest BCUT2D eigenvalue weighted by atomic mass is 10.3. The van der Waals surface area contributed by atoms with E-state index in [9.17, 15) is 8.42 Å². The Morgan fingerprint density at radius 2 is 1.88 bits per heavy atom. The number of hydrogen-bond donors (Lipinski definition) is 2. The highest BCUT2D eigenvalue weighted by atomic mass is 32.2. The molecule has 0 bridgehead atoms. The molecule has 6 nitrogen and oxygen atoms in total. The predicted molar refractivity (Wildman–Crippen MR) is 63.6 cm³/mol. The predicted octanol–water partition coefficient (Wildman–Crippen LogP) is 1.35. The topological polar surface area (TPSA) is 92.2 Å². The van der Waals surface area contributed by atoms with Crippen molar-refractivity contribution in [2.75, 3.05) is 4.72 Å². The fraction of sp³-hybridized carbons (Fsp3) is 0.111. The molecule has 1 aromatic heterocycles. The maximum atomic E-state index is 11.9. The van der Waals surface area contributed by atoms with Crippen molar-refractivity contribution in [3.05, 3.63) is 29.3 Å². The van der Waals surface area contributed by atoms with Crippen molar-refractivity contribution in [1.82, 2.24) is 10.2 Å². The first-order valence-electron chi connectivity index (χ1n) is 4.59. The zero-order chi connectivity index (χ0) is 12.5. The van der Waals surface area contributed by atoms with Crippen molar-refractivity contribution in [2.45, 2.75) is 11.8 Å². The Labute approximate surface area is 102 Å². The van der Waals surface area contributed by atoms with E-state index in [2.05, 4.69) is 14.9 Å². The Kier molecular flexibility index (Phi) is 2.99. The molecule has 2 N–H and O–H groups in total. The van der Waals surface area contributed by atoms with Gasteiger partial charge in [-0.15, -0.1) is 10.2 Å². The second-order valence-electron chi connectivity index (χ2n) is 3.23. The largest absolute Gasteiger partial charge is 0.508 e. The van der Waals surface area contributed by atoms with Crippen LogP contribution in [-0.2, 0) is 10.0 Å². The van der Waals surface area contributed by atoms with Crippen LogP contribution in [0.3, 0.4) is 0 Å². The van der Waals surface area contributed by atoms with Gasteiger partial charge in [-0.2, -0.15) is 0 Å². The number of phenolic OH excluding ortho intramolecular Hbond substituents is 1. The quantitative estimate of drug-likeness (QED) is 0.879. The van der Waals surface area contributed by atoms with E-state index in [-0.39, 0.29) is 15.8 Å². The summed E-state index contributed by atoms with van der Waals surface area (Å²) in [6, 6.07) is 5.23. The molecular formula is C9H9N3O3S2. The minimum absolute atomic E-state index is 0.00992. The van der Waals surface area contributed by atoms with Gasteiger partial charge in [0, 0.05) is 0 Å². The van der Waals surface area contributed by atoms with Crippen LogP contribution in [0.15, 0.2) is 29.2 Å². The van der Waals surface area contributed by atoms with Crippen LogP contribution in [0.5, 0.6) is 5.75 Å². The minimum atomic E-state index is -3.67. The van der Waals surface area contributed by atoms with Crippen LogP contribution in [0.2, 0.25) is 0 Å². The molecule has 0 amide bonds. The molecule has 0 atom stereocenters. The summed E-state index contributed by atoms with van der Waals surface area (Å²) in [4.78, 5) is 0.0585. The van der Waals surface area contributed by atoms with Gasteiger partial charge in [0.15, 0.2) is 0 Å². The molecule has 8 heteroatoms. The van der Waals surface area contributed by atoms with E-state index in [1.54, 1.807) is 6.92 Å². The molecule has 1 heterocycles. The summed E-state index contributed by atoms with van der Waals surface area (Å²) < 4.78 is 26.0. The monoisotopic (exact) mass is 271 g/mol. The van der Waals surface area contributed by atoms with Crippen molar-refractivity contribution in [3.8, 4) is 5.75 Å². The SMILES string of the molecule is Cc1nnc(NS(=O)(=O)c2ccc(O)cc2)s1. The summed E-state index contributed by atoms with van der Waals surface area (Å²) in [5, 5.41) is 17.4. The van der Waals surface area contributed by atoms with Crippen molar-refractivity contribution in [3.63, 3.8) is 0 Å². The number of anilines is 1. The number of aryl methyl sites for hydroxylation is 1. The van der Waals surface area contributed by atoms with Crippen LogP contribution in [-0.4, -0.2) is 23.7 Å². The van der Waals surface area contributed by atoms with E-state index in [4.69, 9.17) is 5.11 Å². The number of phenols is 1. The molecule has 2 rings (SSSR count). The van der Waals surface area contributed by atoms with Crippen LogP contribution in [0.1, 0.15) is 5.01 Å². The zero-order valence-electron chi connectivity index (χ0n) is 8.78. The fourth-order valence-electron chi connectivity index (χ4n) is 1.14. The van der Waals surface area contributed by atoms with Gasteiger partial charge in [-0.25, -0.2) is 8.42 Å². The van der Waals surface area contributed by atoms with Crippen molar-refractivity contribution >= 4 is 26.5 Å². The van der Waals surface area contributed by atoms with Gasteiger partial charge >= 0.3 is 0 Å². The molecular weight excluding hydrogens is 262 g/mol. The normalized spacial score (nSPS) is 11.4. The summed E-state index contributed by atoms with van der Waals surface area (Å²) in [5.74, 6) is 0.00992. The van der Waals surface area contributed by atoms with Crippen LogP contribution >= 0.6 is 11.3 Å². The molecule has 2 aromatic rings. The zero-order valence-corrected chi connectivity index (χ0v) is 10.4. The number of hydrogen-bond acceptors (Lipinski definition) is 6. The van der Waals surface area contributed by atoms with Gasteiger partial charge in [-0.05, 0) is 31.2 Å². The Morgan fingerprint density at radius 3 is 2.41 bits per heavy atom. The van der Waals surface area contributed by atoms with Gasteiger partial charge in [0.25, 0.3) is 10.0 Å². The number of nitrogens with one attached hydrogen (secondary N) is 1. The number of rotatable bonds is 3. The standard InChI is InChI=1S/C9H9N3O3S2/c1-6-10-11-9(16-6)12-17(14,15)8-4-2-7(13)3-5-8/h2-5,13H,1H3,(H,11,12). The molecule has 0 saturated carbocycles. The highest BCUT2D eigenvalue weighted by Crippen LogP contribution is 2.20.